The first-order valence-electron chi connectivity index (χ1n) is 10.4. The minimum atomic E-state index is -0.243. The summed E-state index contributed by atoms with van der Waals surface area (Å²) < 4.78 is 6.04. The maximum absolute atomic E-state index is 12.6. The van der Waals surface area contributed by atoms with E-state index >= 15 is 0 Å². The lowest BCUT2D eigenvalue weighted by Gasteiger charge is -2.13. The van der Waals surface area contributed by atoms with Crippen LogP contribution in [0.3, 0.4) is 0 Å². The Balaban J connectivity index is 1.56. The molecule has 3 aromatic carbocycles. The summed E-state index contributed by atoms with van der Waals surface area (Å²) in [5.74, 6) is 0.301. The van der Waals surface area contributed by atoms with Gasteiger partial charge in [-0.05, 0) is 93.9 Å². The smallest absolute Gasteiger partial charge is 0.257 e. The number of hydrogen-bond acceptors (Lipinski definition) is 4. The number of hydrogen-bond donors (Lipinski definition) is 2. The number of nitrogens with zero attached hydrogens (tertiary/aromatic N) is 1. The molecule has 0 spiro atoms. The Labute approximate surface area is 192 Å². The van der Waals surface area contributed by atoms with Crippen molar-refractivity contribution >= 4 is 40.0 Å². The molecule has 32 heavy (non-hydrogen) atoms. The lowest BCUT2D eigenvalue weighted by molar-refractivity contribution is 0.0977. The number of aromatic nitrogens is 1. The zero-order valence-corrected chi connectivity index (χ0v) is 19.6. The number of carbonyl (C=O) groups is 1. The van der Waals surface area contributed by atoms with Gasteiger partial charge in [0.2, 0.25) is 5.89 Å². The van der Waals surface area contributed by atoms with Gasteiger partial charge in [0.25, 0.3) is 5.91 Å². The zero-order chi connectivity index (χ0) is 23.0. The molecule has 4 rings (SSSR count). The number of aryl methyl sites for hydroxylation is 5. The van der Waals surface area contributed by atoms with E-state index in [9.17, 15) is 4.79 Å². The lowest BCUT2D eigenvalue weighted by Crippen LogP contribution is -2.34. The summed E-state index contributed by atoms with van der Waals surface area (Å²) in [6, 6.07) is 15.7. The Morgan fingerprint density at radius 2 is 1.56 bits per heavy atom. The van der Waals surface area contributed by atoms with Gasteiger partial charge >= 0.3 is 0 Å². The van der Waals surface area contributed by atoms with Crippen LogP contribution >= 0.6 is 12.2 Å². The zero-order valence-electron chi connectivity index (χ0n) is 18.8. The van der Waals surface area contributed by atoms with Crippen molar-refractivity contribution in [3.8, 4) is 11.5 Å². The van der Waals surface area contributed by atoms with Gasteiger partial charge in [0.1, 0.15) is 5.52 Å². The number of rotatable bonds is 3. The van der Waals surface area contributed by atoms with Crippen LogP contribution in [-0.4, -0.2) is 16.0 Å². The van der Waals surface area contributed by atoms with Crippen LogP contribution in [0.1, 0.15) is 38.2 Å². The Kier molecular flexibility index (Phi) is 5.80. The molecule has 0 fully saturated rings. The molecule has 0 unspecified atom stereocenters. The summed E-state index contributed by atoms with van der Waals surface area (Å²) in [6.45, 7) is 9.96. The third-order valence-electron chi connectivity index (χ3n) is 5.26. The Morgan fingerprint density at radius 1 is 0.875 bits per heavy atom. The molecule has 2 N–H and O–H groups in total. The van der Waals surface area contributed by atoms with Crippen LogP contribution in [0.15, 0.2) is 52.9 Å². The van der Waals surface area contributed by atoms with Crippen LogP contribution in [-0.2, 0) is 0 Å². The van der Waals surface area contributed by atoms with E-state index in [0.717, 1.165) is 50.2 Å². The number of amides is 1. The van der Waals surface area contributed by atoms with Gasteiger partial charge < -0.3 is 9.73 Å². The van der Waals surface area contributed by atoms with E-state index in [1.807, 2.05) is 77.1 Å². The van der Waals surface area contributed by atoms with Crippen LogP contribution < -0.4 is 10.6 Å². The standard InChI is InChI=1S/C26H25N3O2S/c1-14-8-15(2)11-20(10-14)24(30)29-26(32)28-21-13-19(7-6-17(21)4)25-27-22-12-16(3)9-18(5)23(22)31-25/h6-13H,1-5H3,(H2,28,29,30,32). The monoisotopic (exact) mass is 443 g/mol. The van der Waals surface area contributed by atoms with E-state index in [1.165, 1.54) is 0 Å². The fourth-order valence-electron chi connectivity index (χ4n) is 3.82. The number of thiocarbonyl (C=S) groups is 1. The maximum Gasteiger partial charge on any atom is 0.257 e. The molecule has 4 aromatic rings. The normalized spacial score (nSPS) is 10.9. The van der Waals surface area contributed by atoms with Gasteiger partial charge in [-0.2, -0.15) is 0 Å². The van der Waals surface area contributed by atoms with E-state index in [1.54, 1.807) is 0 Å². The first kappa shape index (κ1) is 21.7. The average molecular weight is 444 g/mol. The average Bonchev–Trinajstić information content (AvgIpc) is 3.13. The molecule has 0 bridgehead atoms. The predicted molar refractivity (Wildman–Crippen MR) is 133 cm³/mol. The maximum atomic E-state index is 12.6. The van der Waals surface area contributed by atoms with Crippen molar-refractivity contribution in [1.29, 1.82) is 0 Å². The van der Waals surface area contributed by atoms with Gasteiger partial charge in [0.05, 0.1) is 0 Å². The first-order chi connectivity index (χ1) is 15.2. The predicted octanol–water partition coefficient (Wildman–Crippen LogP) is 6.16. The molecule has 1 heterocycles. The van der Waals surface area contributed by atoms with E-state index in [4.69, 9.17) is 16.6 Å². The van der Waals surface area contributed by atoms with Crippen LogP contribution in [0.4, 0.5) is 5.69 Å². The van der Waals surface area contributed by atoms with Crippen molar-refractivity contribution in [2.45, 2.75) is 34.6 Å². The first-order valence-corrected chi connectivity index (χ1v) is 10.8. The summed E-state index contributed by atoms with van der Waals surface area (Å²) in [5, 5.41) is 6.13. The highest BCUT2D eigenvalue weighted by molar-refractivity contribution is 7.80. The topological polar surface area (TPSA) is 67.2 Å². The van der Waals surface area contributed by atoms with Crippen molar-refractivity contribution in [1.82, 2.24) is 10.3 Å². The van der Waals surface area contributed by atoms with Crippen LogP contribution in [0.5, 0.6) is 0 Å². The number of carbonyl (C=O) groups excluding carboxylic acids is 1. The van der Waals surface area contributed by atoms with Gasteiger partial charge in [-0.3, -0.25) is 10.1 Å². The van der Waals surface area contributed by atoms with Crippen molar-refractivity contribution in [3.05, 3.63) is 81.9 Å². The molecule has 0 aliphatic heterocycles. The quantitative estimate of drug-likeness (QED) is 0.371. The van der Waals surface area contributed by atoms with Crippen molar-refractivity contribution < 1.29 is 9.21 Å². The Bertz CT molecular complexity index is 1350. The molecule has 0 aliphatic carbocycles. The Hall–Kier alpha value is -3.51. The molecule has 0 saturated heterocycles. The number of nitrogens with one attached hydrogen (secondary N) is 2. The van der Waals surface area contributed by atoms with Gasteiger partial charge in [0.15, 0.2) is 10.7 Å². The van der Waals surface area contributed by atoms with Crippen LogP contribution in [0.2, 0.25) is 0 Å². The summed E-state index contributed by atoms with van der Waals surface area (Å²) in [6.07, 6.45) is 0. The van der Waals surface area contributed by atoms with E-state index < -0.39 is 0 Å². The molecule has 6 heteroatoms. The number of fused-ring (bicyclic) bond motifs is 1. The molecule has 1 amide bonds. The van der Waals surface area contributed by atoms with E-state index in [2.05, 4.69) is 21.7 Å². The summed E-state index contributed by atoms with van der Waals surface area (Å²) in [7, 11) is 0. The fraction of sp³-hybridized carbons (Fsp3) is 0.192. The molecule has 0 saturated carbocycles. The van der Waals surface area contributed by atoms with Gasteiger partial charge in [-0.25, -0.2) is 4.98 Å². The second kappa shape index (κ2) is 8.55. The minimum Gasteiger partial charge on any atom is -0.436 e. The molecule has 0 atom stereocenters. The van der Waals surface area contributed by atoms with Crippen molar-refractivity contribution in [2.24, 2.45) is 0 Å². The number of benzene rings is 3. The van der Waals surface area contributed by atoms with Crippen molar-refractivity contribution in [2.75, 3.05) is 5.32 Å². The second-order valence-corrected chi connectivity index (χ2v) is 8.67. The fourth-order valence-corrected chi connectivity index (χ4v) is 4.03. The molecule has 5 nitrogen and oxygen atoms in total. The Morgan fingerprint density at radius 3 is 2.28 bits per heavy atom. The lowest BCUT2D eigenvalue weighted by atomic mass is 10.1. The molecule has 0 radical (unpaired) electrons. The van der Waals surface area contributed by atoms with Gasteiger partial charge in [0, 0.05) is 16.8 Å². The largest absolute Gasteiger partial charge is 0.436 e. The summed E-state index contributed by atoms with van der Waals surface area (Å²) in [5.41, 5.74) is 9.06. The minimum absolute atomic E-state index is 0.235. The summed E-state index contributed by atoms with van der Waals surface area (Å²) in [4.78, 5) is 17.3. The van der Waals surface area contributed by atoms with Gasteiger partial charge in [-0.1, -0.05) is 29.3 Å². The highest BCUT2D eigenvalue weighted by atomic mass is 32.1. The third kappa shape index (κ3) is 4.55. The molecular formula is C26H25N3O2S. The third-order valence-corrected chi connectivity index (χ3v) is 5.47. The molecule has 162 valence electrons. The highest BCUT2D eigenvalue weighted by Gasteiger charge is 2.14. The SMILES string of the molecule is Cc1cc(C)cc(C(=O)NC(=S)Nc2cc(-c3nc4cc(C)cc(C)c4o3)ccc2C)c1. The second-order valence-electron chi connectivity index (χ2n) is 8.26. The number of anilines is 1. The van der Waals surface area contributed by atoms with E-state index in [-0.39, 0.29) is 11.0 Å². The van der Waals surface area contributed by atoms with E-state index in [0.29, 0.717) is 11.5 Å². The van der Waals surface area contributed by atoms with Crippen LogP contribution in [0.25, 0.3) is 22.6 Å². The number of oxazole rings is 1. The van der Waals surface area contributed by atoms with Crippen LogP contribution in [0, 0.1) is 34.6 Å². The van der Waals surface area contributed by atoms with Crippen molar-refractivity contribution in [3.63, 3.8) is 0 Å². The highest BCUT2D eigenvalue weighted by Crippen LogP contribution is 2.30. The molecular weight excluding hydrogens is 418 g/mol. The molecule has 0 aliphatic rings. The summed E-state index contributed by atoms with van der Waals surface area (Å²) >= 11 is 5.40. The molecule has 1 aromatic heterocycles. The van der Waals surface area contributed by atoms with Gasteiger partial charge in [-0.15, -0.1) is 0 Å².